The Balaban J connectivity index is 2.08. The molecule has 0 unspecified atom stereocenters. The molecule has 0 atom stereocenters. The first-order valence-electron chi connectivity index (χ1n) is 9.78. The number of carbonyl (C=O) groups excluding carboxylic acids is 1. The van der Waals surface area contributed by atoms with Crippen LogP contribution in [0.2, 0.25) is 0 Å². The van der Waals surface area contributed by atoms with Gasteiger partial charge in [0.25, 0.3) is 5.91 Å². The summed E-state index contributed by atoms with van der Waals surface area (Å²) < 4.78 is 38.8. The van der Waals surface area contributed by atoms with Crippen molar-refractivity contribution in [3.05, 3.63) is 53.6 Å². The van der Waals surface area contributed by atoms with Gasteiger partial charge in [-0.15, -0.1) is 0 Å². The van der Waals surface area contributed by atoms with Gasteiger partial charge in [0, 0.05) is 13.1 Å². The van der Waals surface area contributed by atoms with Gasteiger partial charge in [-0.25, -0.2) is 13.1 Å². The molecular weight excluding hydrogens is 404 g/mol. The monoisotopic (exact) mass is 434 g/mol. The lowest BCUT2D eigenvalue weighted by Gasteiger charge is -2.22. The summed E-state index contributed by atoms with van der Waals surface area (Å²) in [6, 6.07) is 11.9. The molecule has 164 valence electrons. The topological polar surface area (TPSA) is 93.7 Å². The van der Waals surface area contributed by atoms with Crippen molar-refractivity contribution in [2.24, 2.45) is 0 Å². The Kier molecular flexibility index (Phi) is 7.86. The third kappa shape index (κ3) is 5.96. The minimum Gasteiger partial charge on any atom is -0.496 e. The summed E-state index contributed by atoms with van der Waals surface area (Å²) in [5, 5.41) is 2.65. The molecule has 8 heteroatoms. The van der Waals surface area contributed by atoms with Crippen LogP contribution in [0, 0.1) is 0 Å². The van der Waals surface area contributed by atoms with Crippen molar-refractivity contribution in [2.75, 3.05) is 26.8 Å². The van der Waals surface area contributed by atoms with Gasteiger partial charge in [0.15, 0.2) is 0 Å². The van der Waals surface area contributed by atoms with Crippen LogP contribution in [0.25, 0.3) is 0 Å². The maximum atomic E-state index is 12.7. The largest absolute Gasteiger partial charge is 0.496 e. The van der Waals surface area contributed by atoms with E-state index in [4.69, 9.17) is 9.47 Å². The Labute approximate surface area is 178 Å². The van der Waals surface area contributed by atoms with E-state index in [2.05, 4.69) is 30.8 Å². The molecule has 0 fully saturated rings. The van der Waals surface area contributed by atoms with Crippen molar-refractivity contribution in [1.29, 1.82) is 0 Å². The van der Waals surface area contributed by atoms with Gasteiger partial charge in [-0.3, -0.25) is 4.79 Å². The van der Waals surface area contributed by atoms with Crippen LogP contribution in [0.1, 0.15) is 43.6 Å². The second-order valence-corrected chi connectivity index (χ2v) is 9.48. The predicted octanol–water partition coefficient (Wildman–Crippen LogP) is 3.10. The highest BCUT2D eigenvalue weighted by atomic mass is 32.2. The summed E-state index contributed by atoms with van der Waals surface area (Å²) >= 11 is 0. The maximum absolute atomic E-state index is 12.7. The molecule has 0 aromatic heterocycles. The third-order valence-electron chi connectivity index (χ3n) is 4.41. The van der Waals surface area contributed by atoms with Gasteiger partial charge in [-0.05, 0) is 42.2 Å². The highest BCUT2D eigenvalue weighted by Gasteiger charge is 2.20. The fourth-order valence-corrected chi connectivity index (χ4v) is 3.96. The zero-order valence-electron chi connectivity index (χ0n) is 18.1. The summed E-state index contributed by atoms with van der Waals surface area (Å²) in [7, 11) is -2.39. The van der Waals surface area contributed by atoms with Gasteiger partial charge in [-0.2, -0.15) is 0 Å². The molecule has 0 aliphatic carbocycles. The van der Waals surface area contributed by atoms with Crippen molar-refractivity contribution in [3.8, 4) is 11.5 Å². The van der Waals surface area contributed by atoms with E-state index in [0.29, 0.717) is 12.3 Å². The molecule has 2 aromatic rings. The molecule has 30 heavy (non-hydrogen) atoms. The first-order chi connectivity index (χ1) is 14.1. The Hall–Kier alpha value is -2.58. The van der Waals surface area contributed by atoms with E-state index in [0.717, 1.165) is 11.3 Å². The van der Waals surface area contributed by atoms with Crippen LogP contribution in [0.3, 0.4) is 0 Å². The Morgan fingerprint density at radius 2 is 1.77 bits per heavy atom. The number of benzene rings is 2. The van der Waals surface area contributed by atoms with E-state index >= 15 is 0 Å². The van der Waals surface area contributed by atoms with Crippen LogP contribution in [-0.2, 0) is 15.4 Å². The number of ether oxygens (including phenoxy) is 2. The summed E-state index contributed by atoms with van der Waals surface area (Å²) in [5.74, 6) is 0.641. The Morgan fingerprint density at radius 3 is 2.40 bits per heavy atom. The maximum Gasteiger partial charge on any atom is 0.255 e. The van der Waals surface area contributed by atoms with Crippen molar-refractivity contribution < 1.29 is 22.7 Å². The zero-order chi connectivity index (χ0) is 22.4. The van der Waals surface area contributed by atoms with Gasteiger partial charge in [0.2, 0.25) is 10.0 Å². The van der Waals surface area contributed by atoms with Gasteiger partial charge in [0.1, 0.15) is 18.1 Å². The number of amides is 1. The highest BCUT2D eigenvalue weighted by Crippen LogP contribution is 2.30. The van der Waals surface area contributed by atoms with Crippen molar-refractivity contribution in [1.82, 2.24) is 10.0 Å². The Morgan fingerprint density at radius 1 is 1.07 bits per heavy atom. The van der Waals surface area contributed by atoms with Crippen molar-refractivity contribution >= 4 is 15.9 Å². The van der Waals surface area contributed by atoms with E-state index in [1.54, 1.807) is 6.92 Å². The number of carbonyl (C=O) groups is 1. The summed E-state index contributed by atoms with van der Waals surface area (Å²) in [5.41, 5.74) is 1.13. The van der Waals surface area contributed by atoms with Crippen molar-refractivity contribution in [2.45, 2.75) is 38.0 Å². The van der Waals surface area contributed by atoms with E-state index < -0.39 is 15.9 Å². The molecule has 0 heterocycles. The number of hydrogen-bond acceptors (Lipinski definition) is 5. The fourth-order valence-electron chi connectivity index (χ4n) is 2.92. The quantitative estimate of drug-likeness (QED) is 0.592. The molecule has 0 aliphatic rings. The molecular formula is C22H30N2O5S. The minimum atomic E-state index is -3.81. The lowest BCUT2D eigenvalue weighted by molar-refractivity contribution is 0.0952. The van der Waals surface area contributed by atoms with Gasteiger partial charge >= 0.3 is 0 Å². The molecule has 0 spiro atoms. The average molecular weight is 435 g/mol. The molecule has 2 rings (SSSR count). The van der Waals surface area contributed by atoms with Crippen molar-refractivity contribution in [3.63, 3.8) is 0 Å². The van der Waals surface area contributed by atoms with Gasteiger partial charge in [0.05, 0.1) is 17.6 Å². The third-order valence-corrected chi connectivity index (χ3v) is 5.87. The van der Waals surface area contributed by atoms with Crippen LogP contribution >= 0.6 is 0 Å². The number of nitrogens with one attached hydrogen (secondary N) is 2. The molecule has 0 aliphatic heterocycles. The highest BCUT2D eigenvalue weighted by molar-refractivity contribution is 7.89. The molecule has 0 bridgehead atoms. The number of hydrogen-bond donors (Lipinski definition) is 2. The molecule has 0 saturated carbocycles. The number of methoxy groups -OCH3 is 1. The molecule has 2 N–H and O–H groups in total. The first kappa shape index (κ1) is 23.7. The van der Waals surface area contributed by atoms with Crippen LogP contribution in [-0.4, -0.2) is 41.1 Å². The summed E-state index contributed by atoms with van der Waals surface area (Å²) in [6.07, 6.45) is 0. The molecule has 1 amide bonds. The lowest BCUT2D eigenvalue weighted by Crippen LogP contribution is -2.29. The zero-order valence-corrected chi connectivity index (χ0v) is 18.9. The number of para-hydroxylation sites is 1. The Bertz CT molecular complexity index is 981. The minimum absolute atomic E-state index is 0.0142. The SMILES string of the molecule is CCNC(=O)c1cc(S(=O)(=O)NCCOc2ccccc2C(C)(C)C)ccc1OC. The number of rotatable bonds is 9. The average Bonchev–Trinajstić information content (AvgIpc) is 2.70. The molecule has 2 aromatic carbocycles. The van der Waals surface area contributed by atoms with Crippen LogP contribution in [0.15, 0.2) is 47.4 Å². The second kappa shape index (κ2) is 9.95. The number of sulfonamides is 1. The fraction of sp³-hybridized carbons (Fsp3) is 0.409. The smallest absolute Gasteiger partial charge is 0.255 e. The normalized spacial score (nSPS) is 11.8. The van der Waals surface area contributed by atoms with Gasteiger partial charge in [-0.1, -0.05) is 39.0 Å². The molecule has 0 radical (unpaired) electrons. The van der Waals surface area contributed by atoms with E-state index in [1.165, 1.54) is 25.3 Å². The van der Waals surface area contributed by atoms with E-state index in [9.17, 15) is 13.2 Å². The predicted molar refractivity (Wildman–Crippen MR) is 117 cm³/mol. The molecule has 7 nitrogen and oxygen atoms in total. The molecule has 0 saturated heterocycles. The van der Waals surface area contributed by atoms with Gasteiger partial charge < -0.3 is 14.8 Å². The standard InChI is InChI=1S/C22H30N2O5S/c1-6-23-21(25)17-15-16(11-12-19(17)28-5)30(26,27)24-13-14-29-20-10-8-7-9-18(20)22(2,3)4/h7-12,15,24H,6,13-14H2,1-5H3,(H,23,25). The van der Waals surface area contributed by atoms with Crippen LogP contribution in [0.4, 0.5) is 0 Å². The summed E-state index contributed by atoms with van der Waals surface area (Å²) in [4.78, 5) is 12.2. The van der Waals surface area contributed by atoms with Crippen LogP contribution in [0.5, 0.6) is 11.5 Å². The van der Waals surface area contributed by atoms with E-state index in [-0.39, 0.29) is 29.0 Å². The summed E-state index contributed by atoms with van der Waals surface area (Å²) in [6.45, 7) is 8.74. The van der Waals surface area contributed by atoms with Crippen LogP contribution < -0.4 is 19.5 Å². The first-order valence-corrected chi connectivity index (χ1v) is 11.3. The second-order valence-electron chi connectivity index (χ2n) is 7.71. The van der Waals surface area contributed by atoms with E-state index in [1.807, 2.05) is 24.3 Å². The lowest BCUT2D eigenvalue weighted by atomic mass is 9.86.